The van der Waals surface area contributed by atoms with E-state index >= 15 is 0 Å². The van der Waals surface area contributed by atoms with Crippen molar-refractivity contribution >= 4 is 29.4 Å². The SMILES string of the molecule is CC1CCC2(CC1)NC(=O)N(NC(=O)C1CC(=O)N(c3ccc(F)cc3F)C1)C2=O. The van der Waals surface area contributed by atoms with Gasteiger partial charge in [0.2, 0.25) is 11.8 Å². The highest BCUT2D eigenvalue weighted by Gasteiger charge is 2.53. The van der Waals surface area contributed by atoms with E-state index in [1.807, 2.05) is 0 Å². The number of nitrogens with zero attached hydrogens (tertiary/aromatic N) is 2. The van der Waals surface area contributed by atoms with Crippen LogP contribution < -0.4 is 15.6 Å². The van der Waals surface area contributed by atoms with Gasteiger partial charge < -0.3 is 10.2 Å². The molecule has 3 fully saturated rings. The molecule has 1 atom stereocenters. The van der Waals surface area contributed by atoms with Crippen molar-refractivity contribution in [2.45, 2.75) is 44.6 Å². The lowest BCUT2D eigenvalue weighted by molar-refractivity contribution is -0.141. The summed E-state index contributed by atoms with van der Waals surface area (Å²) >= 11 is 0. The van der Waals surface area contributed by atoms with Crippen LogP contribution in [0, 0.1) is 23.5 Å². The minimum atomic E-state index is -0.994. The molecule has 2 N–H and O–H groups in total. The number of carbonyl (C=O) groups excluding carboxylic acids is 4. The fourth-order valence-electron chi connectivity index (χ4n) is 4.33. The van der Waals surface area contributed by atoms with Gasteiger partial charge in [-0.1, -0.05) is 6.92 Å². The summed E-state index contributed by atoms with van der Waals surface area (Å²) in [5.74, 6) is -3.79. The van der Waals surface area contributed by atoms with Gasteiger partial charge in [0.05, 0.1) is 11.6 Å². The molecular formula is C20H22F2N4O4. The Hall–Kier alpha value is -3.04. The third-order valence-electron chi connectivity index (χ3n) is 6.21. The van der Waals surface area contributed by atoms with Crippen LogP contribution in [-0.2, 0) is 14.4 Å². The molecule has 1 aromatic carbocycles. The van der Waals surface area contributed by atoms with Crippen molar-refractivity contribution in [3.63, 3.8) is 0 Å². The van der Waals surface area contributed by atoms with Gasteiger partial charge in [0.25, 0.3) is 5.91 Å². The second kappa shape index (κ2) is 7.33. The summed E-state index contributed by atoms with van der Waals surface area (Å²) < 4.78 is 27.2. The zero-order valence-electron chi connectivity index (χ0n) is 16.4. The lowest BCUT2D eigenvalue weighted by atomic mass is 9.77. The molecule has 0 bridgehead atoms. The molecule has 0 radical (unpaired) electrons. The minimum absolute atomic E-state index is 0.123. The molecule has 5 amide bonds. The summed E-state index contributed by atoms with van der Waals surface area (Å²) in [6, 6.07) is 2.12. The van der Waals surface area contributed by atoms with Gasteiger partial charge in [-0.2, -0.15) is 5.01 Å². The van der Waals surface area contributed by atoms with Crippen molar-refractivity contribution in [1.29, 1.82) is 0 Å². The number of halogens is 2. The third-order valence-corrected chi connectivity index (χ3v) is 6.21. The standard InChI is InChI=1S/C20H22F2N4O4/c1-11-4-6-20(7-5-11)18(29)26(19(30)23-20)24-17(28)12-8-16(27)25(10-12)15-3-2-13(21)9-14(15)22/h2-3,9,11-12H,4-8,10H2,1H3,(H,23,30)(H,24,28). The van der Waals surface area contributed by atoms with E-state index in [-0.39, 0.29) is 18.7 Å². The quantitative estimate of drug-likeness (QED) is 0.729. The van der Waals surface area contributed by atoms with Gasteiger partial charge in [0.15, 0.2) is 0 Å². The number of benzene rings is 1. The first-order chi connectivity index (χ1) is 14.2. The number of anilines is 1. The highest BCUT2D eigenvalue weighted by molar-refractivity contribution is 6.08. The zero-order chi connectivity index (χ0) is 21.6. The van der Waals surface area contributed by atoms with E-state index in [0.29, 0.717) is 29.8 Å². The van der Waals surface area contributed by atoms with E-state index in [4.69, 9.17) is 0 Å². The van der Waals surface area contributed by atoms with E-state index in [2.05, 4.69) is 17.7 Å². The Kier molecular flexibility index (Phi) is 4.95. The van der Waals surface area contributed by atoms with E-state index < -0.39 is 46.8 Å². The lowest BCUT2D eigenvalue weighted by Gasteiger charge is -2.33. The van der Waals surface area contributed by atoms with Crippen LogP contribution in [0.1, 0.15) is 39.0 Å². The first-order valence-corrected chi connectivity index (χ1v) is 9.93. The van der Waals surface area contributed by atoms with Crippen LogP contribution >= 0.6 is 0 Å². The molecule has 1 aromatic rings. The molecule has 1 spiro atoms. The van der Waals surface area contributed by atoms with Crippen molar-refractivity contribution in [2.24, 2.45) is 11.8 Å². The number of hydrogen-bond acceptors (Lipinski definition) is 4. The summed E-state index contributed by atoms with van der Waals surface area (Å²) in [7, 11) is 0. The van der Waals surface area contributed by atoms with Gasteiger partial charge in [-0.3, -0.25) is 19.8 Å². The molecule has 0 aromatic heterocycles. The maximum Gasteiger partial charge on any atom is 0.344 e. The zero-order valence-corrected chi connectivity index (χ0v) is 16.4. The molecule has 2 aliphatic heterocycles. The van der Waals surface area contributed by atoms with Crippen LogP contribution in [0.25, 0.3) is 0 Å². The minimum Gasteiger partial charge on any atom is -0.322 e. The molecular weight excluding hydrogens is 398 g/mol. The second-order valence-electron chi connectivity index (χ2n) is 8.31. The normalized spacial score (nSPS) is 29.0. The van der Waals surface area contributed by atoms with Crippen molar-refractivity contribution in [3.05, 3.63) is 29.8 Å². The average molecular weight is 420 g/mol. The molecule has 2 heterocycles. The monoisotopic (exact) mass is 420 g/mol. The Bertz CT molecular complexity index is 929. The van der Waals surface area contributed by atoms with E-state index in [1.54, 1.807) is 0 Å². The second-order valence-corrected chi connectivity index (χ2v) is 8.31. The summed E-state index contributed by atoms with van der Waals surface area (Å²) in [5.41, 5.74) is 1.20. The molecule has 8 nitrogen and oxygen atoms in total. The molecule has 1 saturated carbocycles. The van der Waals surface area contributed by atoms with Crippen LogP contribution in [0.3, 0.4) is 0 Å². The maximum absolute atomic E-state index is 14.0. The molecule has 4 rings (SSSR count). The lowest BCUT2D eigenvalue weighted by Crippen LogP contribution is -2.52. The molecule has 1 aliphatic carbocycles. The number of urea groups is 1. The predicted octanol–water partition coefficient (Wildman–Crippen LogP) is 1.85. The Morgan fingerprint density at radius 1 is 1.20 bits per heavy atom. The Labute approximate surface area is 171 Å². The van der Waals surface area contributed by atoms with Gasteiger partial charge in [-0.15, -0.1) is 0 Å². The van der Waals surface area contributed by atoms with E-state index in [9.17, 15) is 28.0 Å². The number of rotatable bonds is 3. The smallest absolute Gasteiger partial charge is 0.322 e. The van der Waals surface area contributed by atoms with Crippen LogP contribution in [0.15, 0.2) is 18.2 Å². The number of hydrazine groups is 1. The predicted molar refractivity (Wildman–Crippen MR) is 101 cm³/mol. The van der Waals surface area contributed by atoms with Gasteiger partial charge in [-0.05, 0) is 43.7 Å². The van der Waals surface area contributed by atoms with Crippen LogP contribution in [0.4, 0.5) is 19.3 Å². The molecule has 3 aliphatic rings. The first kappa shape index (κ1) is 20.2. The van der Waals surface area contributed by atoms with Gasteiger partial charge in [0.1, 0.15) is 17.2 Å². The highest BCUT2D eigenvalue weighted by atomic mass is 19.1. The van der Waals surface area contributed by atoms with Crippen LogP contribution in [-0.4, -0.2) is 40.8 Å². The molecule has 1 unspecified atom stereocenters. The van der Waals surface area contributed by atoms with Gasteiger partial charge in [-0.25, -0.2) is 13.6 Å². The first-order valence-electron chi connectivity index (χ1n) is 9.93. The number of amides is 5. The molecule has 2 saturated heterocycles. The van der Waals surface area contributed by atoms with Gasteiger partial charge >= 0.3 is 6.03 Å². The maximum atomic E-state index is 14.0. The van der Waals surface area contributed by atoms with Crippen LogP contribution in [0.5, 0.6) is 0 Å². The Morgan fingerprint density at radius 3 is 2.57 bits per heavy atom. The summed E-state index contributed by atoms with van der Waals surface area (Å²) in [6.45, 7) is 1.94. The van der Waals surface area contributed by atoms with Crippen LogP contribution in [0.2, 0.25) is 0 Å². The van der Waals surface area contributed by atoms with Crippen molar-refractivity contribution in [3.8, 4) is 0 Å². The fraction of sp³-hybridized carbons (Fsp3) is 0.500. The highest BCUT2D eigenvalue weighted by Crippen LogP contribution is 2.36. The summed E-state index contributed by atoms with van der Waals surface area (Å²) in [6.07, 6.45) is 2.39. The number of carbonyl (C=O) groups is 4. The Balaban J connectivity index is 1.44. The molecule has 10 heteroatoms. The summed E-state index contributed by atoms with van der Waals surface area (Å²) in [4.78, 5) is 51.2. The van der Waals surface area contributed by atoms with Crippen molar-refractivity contribution in [1.82, 2.24) is 15.8 Å². The van der Waals surface area contributed by atoms with Crippen molar-refractivity contribution < 1.29 is 28.0 Å². The molecule has 30 heavy (non-hydrogen) atoms. The summed E-state index contributed by atoms with van der Waals surface area (Å²) in [5, 5.41) is 3.39. The largest absolute Gasteiger partial charge is 0.344 e. The number of hydrogen-bond donors (Lipinski definition) is 2. The van der Waals surface area contributed by atoms with Crippen molar-refractivity contribution in [2.75, 3.05) is 11.4 Å². The van der Waals surface area contributed by atoms with Gasteiger partial charge in [0, 0.05) is 19.0 Å². The third kappa shape index (κ3) is 3.40. The van der Waals surface area contributed by atoms with E-state index in [0.717, 1.165) is 29.9 Å². The fourth-order valence-corrected chi connectivity index (χ4v) is 4.33. The average Bonchev–Trinajstić information content (AvgIpc) is 3.18. The number of imide groups is 1. The van der Waals surface area contributed by atoms with E-state index in [1.165, 1.54) is 0 Å². The molecule has 160 valence electrons. The topological polar surface area (TPSA) is 98.8 Å². The number of nitrogens with one attached hydrogen (secondary N) is 2. The Morgan fingerprint density at radius 2 is 1.90 bits per heavy atom.